The smallest absolute Gasteiger partial charge is 0.244 e. The Balaban J connectivity index is 1.87. The summed E-state index contributed by atoms with van der Waals surface area (Å²) in [6, 6.07) is 14.6. The second kappa shape index (κ2) is 9.17. The normalized spacial score (nSPS) is 10.4. The SMILES string of the molecule is CC(=O)Nc1ccc(C)c(NC(=O)CNC(=O)/C=C/c2ccccc2)c1. The molecule has 0 radical (unpaired) electrons. The molecule has 3 amide bonds. The maximum Gasteiger partial charge on any atom is 0.244 e. The fourth-order valence-corrected chi connectivity index (χ4v) is 2.19. The molecule has 0 spiro atoms. The molecule has 6 heteroatoms. The molecule has 0 saturated heterocycles. The number of anilines is 2. The van der Waals surface area contributed by atoms with Gasteiger partial charge in [0.1, 0.15) is 0 Å². The van der Waals surface area contributed by atoms with Crippen molar-refractivity contribution in [2.45, 2.75) is 13.8 Å². The van der Waals surface area contributed by atoms with E-state index in [1.807, 2.05) is 37.3 Å². The van der Waals surface area contributed by atoms with E-state index in [0.29, 0.717) is 11.4 Å². The monoisotopic (exact) mass is 351 g/mol. The van der Waals surface area contributed by atoms with Gasteiger partial charge in [-0.3, -0.25) is 14.4 Å². The largest absolute Gasteiger partial charge is 0.343 e. The first-order chi connectivity index (χ1) is 12.4. The van der Waals surface area contributed by atoms with Crippen LogP contribution in [-0.4, -0.2) is 24.3 Å². The molecule has 134 valence electrons. The van der Waals surface area contributed by atoms with E-state index in [0.717, 1.165) is 11.1 Å². The maximum atomic E-state index is 12.0. The minimum absolute atomic E-state index is 0.151. The van der Waals surface area contributed by atoms with E-state index in [2.05, 4.69) is 16.0 Å². The Morgan fingerprint density at radius 1 is 1.00 bits per heavy atom. The van der Waals surface area contributed by atoms with Crippen LogP contribution in [0.25, 0.3) is 6.08 Å². The number of rotatable bonds is 6. The molecular weight excluding hydrogens is 330 g/mol. The molecule has 2 aromatic rings. The Labute approximate surface area is 152 Å². The predicted octanol–water partition coefficient (Wildman–Crippen LogP) is 2.72. The molecule has 0 aliphatic heterocycles. The van der Waals surface area contributed by atoms with Crippen molar-refractivity contribution in [3.63, 3.8) is 0 Å². The van der Waals surface area contributed by atoms with Crippen LogP contribution in [0.5, 0.6) is 0 Å². The zero-order valence-electron chi connectivity index (χ0n) is 14.7. The molecule has 3 N–H and O–H groups in total. The fraction of sp³-hybridized carbons (Fsp3) is 0.150. The molecule has 0 aliphatic carbocycles. The van der Waals surface area contributed by atoms with Gasteiger partial charge in [0, 0.05) is 24.4 Å². The second-order valence-electron chi connectivity index (χ2n) is 5.72. The highest BCUT2D eigenvalue weighted by Gasteiger charge is 2.07. The average Bonchev–Trinajstić information content (AvgIpc) is 2.61. The third-order valence-electron chi connectivity index (χ3n) is 3.48. The quantitative estimate of drug-likeness (QED) is 0.699. The summed E-state index contributed by atoms with van der Waals surface area (Å²) in [7, 11) is 0. The first kappa shape index (κ1) is 18.9. The highest BCUT2D eigenvalue weighted by molar-refractivity contribution is 5.99. The van der Waals surface area contributed by atoms with Crippen molar-refractivity contribution < 1.29 is 14.4 Å². The van der Waals surface area contributed by atoms with E-state index >= 15 is 0 Å². The van der Waals surface area contributed by atoms with Crippen molar-refractivity contribution in [1.29, 1.82) is 0 Å². The lowest BCUT2D eigenvalue weighted by atomic mass is 10.1. The summed E-state index contributed by atoms with van der Waals surface area (Å²) in [5.74, 6) is -0.897. The molecular formula is C20H21N3O3. The number of hydrogen-bond acceptors (Lipinski definition) is 3. The number of nitrogens with one attached hydrogen (secondary N) is 3. The number of aryl methyl sites for hydroxylation is 1. The van der Waals surface area contributed by atoms with Crippen molar-refractivity contribution in [3.05, 3.63) is 65.7 Å². The number of carbonyl (C=O) groups is 3. The molecule has 2 aromatic carbocycles. The zero-order chi connectivity index (χ0) is 18.9. The van der Waals surface area contributed by atoms with Gasteiger partial charge < -0.3 is 16.0 Å². The van der Waals surface area contributed by atoms with Gasteiger partial charge in [-0.25, -0.2) is 0 Å². The first-order valence-corrected chi connectivity index (χ1v) is 8.13. The van der Waals surface area contributed by atoms with Crippen LogP contribution in [0.1, 0.15) is 18.1 Å². The number of carbonyl (C=O) groups excluding carboxylic acids is 3. The third kappa shape index (κ3) is 6.24. The van der Waals surface area contributed by atoms with E-state index in [-0.39, 0.29) is 24.3 Å². The first-order valence-electron chi connectivity index (χ1n) is 8.13. The standard InChI is InChI=1S/C20H21N3O3/c1-14-8-10-17(22-15(2)24)12-18(14)23-20(26)13-21-19(25)11-9-16-6-4-3-5-7-16/h3-12H,13H2,1-2H3,(H,21,25)(H,22,24)(H,23,26)/b11-9+. The number of benzene rings is 2. The summed E-state index contributed by atoms with van der Waals surface area (Å²) >= 11 is 0. The fourth-order valence-electron chi connectivity index (χ4n) is 2.19. The molecule has 0 bridgehead atoms. The van der Waals surface area contributed by atoms with Gasteiger partial charge in [0.15, 0.2) is 0 Å². The predicted molar refractivity (Wildman–Crippen MR) is 103 cm³/mol. The van der Waals surface area contributed by atoms with Gasteiger partial charge in [-0.2, -0.15) is 0 Å². The molecule has 26 heavy (non-hydrogen) atoms. The van der Waals surface area contributed by atoms with Crippen LogP contribution in [0, 0.1) is 6.92 Å². The van der Waals surface area contributed by atoms with E-state index in [1.54, 1.807) is 24.3 Å². The van der Waals surface area contributed by atoms with Crippen LogP contribution in [0.4, 0.5) is 11.4 Å². The van der Waals surface area contributed by atoms with Crippen molar-refractivity contribution in [2.75, 3.05) is 17.2 Å². The summed E-state index contributed by atoms with van der Waals surface area (Å²) in [6.07, 6.45) is 3.06. The third-order valence-corrected chi connectivity index (χ3v) is 3.48. The minimum Gasteiger partial charge on any atom is -0.343 e. The van der Waals surface area contributed by atoms with Gasteiger partial charge >= 0.3 is 0 Å². The molecule has 6 nitrogen and oxygen atoms in total. The van der Waals surface area contributed by atoms with E-state index < -0.39 is 0 Å². The van der Waals surface area contributed by atoms with Gasteiger partial charge in [-0.15, -0.1) is 0 Å². The molecule has 0 saturated carbocycles. The molecule has 0 aromatic heterocycles. The highest BCUT2D eigenvalue weighted by Crippen LogP contribution is 2.20. The maximum absolute atomic E-state index is 12.0. The Morgan fingerprint density at radius 2 is 1.73 bits per heavy atom. The lowest BCUT2D eigenvalue weighted by Crippen LogP contribution is -2.31. The molecule has 0 heterocycles. The molecule has 0 aliphatic rings. The topological polar surface area (TPSA) is 87.3 Å². The minimum atomic E-state index is -0.354. The summed E-state index contributed by atoms with van der Waals surface area (Å²) in [5, 5.41) is 7.91. The van der Waals surface area contributed by atoms with Crippen molar-refractivity contribution in [1.82, 2.24) is 5.32 Å². The second-order valence-corrected chi connectivity index (χ2v) is 5.72. The van der Waals surface area contributed by atoms with Crippen LogP contribution < -0.4 is 16.0 Å². The Kier molecular flexibility index (Phi) is 6.68. The molecule has 0 fully saturated rings. The van der Waals surface area contributed by atoms with Crippen molar-refractivity contribution in [2.24, 2.45) is 0 Å². The van der Waals surface area contributed by atoms with Crippen LogP contribution in [0.15, 0.2) is 54.6 Å². The summed E-state index contributed by atoms with van der Waals surface area (Å²) in [4.78, 5) is 35.0. The van der Waals surface area contributed by atoms with Gasteiger partial charge in [0.25, 0.3) is 0 Å². The molecule has 0 atom stereocenters. The van der Waals surface area contributed by atoms with E-state index in [1.165, 1.54) is 13.0 Å². The Hall–Kier alpha value is -3.41. The average molecular weight is 351 g/mol. The van der Waals surface area contributed by atoms with E-state index in [9.17, 15) is 14.4 Å². The number of amides is 3. The van der Waals surface area contributed by atoms with Crippen molar-refractivity contribution >= 4 is 35.2 Å². The van der Waals surface area contributed by atoms with Gasteiger partial charge in [-0.1, -0.05) is 36.4 Å². The van der Waals surface area contributed by atoms with E-state index in [4.69, 9.17) is 0 Å². The van der Waals surface area contributed by atoms with Gasteiger partial charge in [0.05, 0.1) is 6.54 Å². The van der Waals surface area contributed by atoms with Crippen LogP contribution >= 0.6 is 0 Å². The summed E-state index contributed by atoms with van der Waals surface area (Å²) in [5.41, 5.74) is 2.92. The Bertz CT molecular complexity index is 829. The van der Waals surface area contributed by atoms with Crippen LogP contribution in [0.3, 0.4) is 0 Å². The Morgan fingerprint density at radius 3 is 2.42 bits per heavy atom. The van der Waals surface area contributed by atoms with Gasteiger partial charge in [-0.05, 0) is 36.3 Å². The van der Waals surface area contributed by atoms with Crippen molar-refractivity contribution in [3.8, 4) is 0 Å². The lowest BCUT2D eigenvalue weighted by Gasteiger charge is -2.11. The highest BCUT2D eigenvalue weighted by atomic mass is 16.2. The summed E-state index contributed by atoms with van der Waals surface area (Å²) in [6.45, 7) is 3.10. The van der Waals surface area contributed by atoms with Gasteiger partial charge in [0.2, 0.25) is 17.7 Å². The number of hydrogen-bond donors (Lipinski definition) is 3. The summed E-state index contributed by atoms with van der Waals surface area (Å²) < 4.78 is 0. The lowest BCUT2D eigenvalue weighted by molar-refractivity contribution is -0.121. The van der Waals surface area contributed by atoms with Crippen LogP contribution in [0.2, 0.25) is 0 Å². The molecule has 2 rings (SSSR count). The van der Waals surface area contributed by atoms with Crippen LogP contribution in [-0.2, 0) is 14.4 Å². The molecule has 0 unspecified atom stereocenters. The zero-order valence-corrected chi connectivity index (χ0v) is 14.7.